The number of nitrogens with zero attached hydrogens (tertiary/aromatic N) is 3. The van der Waals surface area contributed by atoms with Crippen LogP contribution in [-0.4, -0.2) is 26.0 Å². The zero-order valence-corrected chi connectivity index (χ0v) is 13.7. The van der Waals surface area contributed by atoms with Gasteiger partial charge in [-0.15, -0.1) is 11.6 Å². The fourth-order valence-corrected chi connectivity index (χ4v) is 4.05. The quantitative estimate of drug-likeness (QED) is 0.782. The van der Waals surface area contributed by atoms with Gasteiger partial charge in [0.15, 0.2) is 5.65 Å². The van der Waals surface area contributed by atoms with Crippen LogP contribution in [0.5, 0.6) is 0 Å². The molecule has 20 heavy (non-hydrogen) atoms. The number of rotatable bonds is 3. The Labute approximate surface area is 129 Å². The van der Waals surface area contributed by atoms with Gasteiger partial charge in [0.25, 0.3) is 0 Å². The first kappa shape index (κ1) is 14.2. The van der Waals surface area contributed by atoms with Crippen LogP contribution >= 0.6 is 23.4 Å². The van der Waals surface area contributed by atoms with E-state index in [2.05, 4.69) is 28.8 Å². The number of imidazole rings is 1. The Morgan fingerprint density at radius 2 is 2.25 bits per heavy atom. The van der Waals surface area contributed by atoms with Gasteiger partial charge in [0, 0.05) is 17.5 Å². The number of hydrogen-bond acceptors (Lipinski definition) is 3. The second-order valence-corrected chi connectivity index (χ2v) is 7.43. The lowest BCUT2D eigenvalue weighted by atomic mass is 10.2. The third-order valence-electron chi connectivity index (χ3n) is 4.11. The highest BCUT2D eigenvalue weighted by atomic mass is 35.5. The average Bonchev–Trinajstić information content (AvgIpc) is 3.00. The minimum atomic E-state index is -0.0853. The number of aryl methyl sites for hydroxylation is 1. The second kappa shape index (κ2) is 5.57. The summed E-state index contributed by atoms with van der Waals surface area (Å²) in [6.45, 7) is 4.04. The van der Waals surface area contributed by atoms with E-state index in [-0.39, 0.29) is 5.38 Å². The van der Waals surface area contributed by atoms with E-state index in [0.29, 0.717) is 6.04 Å². The summed E-state index contributed by atoms with van der Waals surface area (Å²) in [4.78, 5) is 9.34. The molecule has 2 heterocycles. The topological polar surface area (TPSA) is 30.7 Å². The van der Waals surface area contributed by atoms with Gasteiger partial charge >= 0.3 is 0 Å². The van der Waals surface area contributed by atoms with Crippen molar-refractivity contribution in [2.45, 2.75) is 49.8 Å². The lowest BCUT2D eigenvalue weighted by Gasteiger charge is -2.17. The first-order valence-corrected chi connectivity index (χ1v) is 8.84. The lowest BCUT2D eigenvalue weighted by Crippen LogP contribution is -2.11. The van der Waals surface area contributed by atoms with E-state index in [1.807, 2.05) is 24.9 Å². The van der Waals surface area contributed by atoms with Crippen molar-refractivity contribution in [3.63, 3.8) is 0 Å². The van der Waals surface area contributed by atoms with Crippen LogP contribution in [0.2, 0.25) is 0 Å². The van der Waals surface area contributed by atoms with Crippen LogP contribution in [0.1, 0.15) is 49.0 Å². The van der Waals surface area contributed by atoms with E-state index in [0.717, 1.165) is 27.8 Å². The first-order valence-electron chi connectivity index (χ1n) is 7.11. The highest BCUT2D eigenvalue weighted by Gasteiger charge is 2.29. The molecule has 0 aromatic carbocycles. The molecular formula is C15H20ClN3S. The molecule has 0 saturated heterocycles. The summed E-state index contributed by atoms with van der Waals surface area (Å²) in [7, 11) is 0. The predicted molar refractivity (Wildman–Crippen MR) is 86.7 cm³/mol. The first-order chi connectivity index (χ1) is 9.60. The molecule has 0 spiro atoms. The normalized spacial score (nSPS) is 24.4. The van der Waals surface area contributed by atoms with Crippen LogP contribution in [0.3, 0.4) is 0 Å². The van der Waals surface area contributed by atoms with Crippen LogP contribution in [0.15, 0.2) is 12.3 Å². The van der Waals surface area contributed by atoms with Crippen LogP contribution in [0.4, 0.5) is 0 Å². The van der Waals surface area contributed by atoms with Crippen LogP contribution in [-0.2, 0) is 0 Å². The molecular weight excluding hydrogens is 290 g/mol. The largest absolute Gasteiger partial charge is 0.308 e. The van der Waals surface area contributed by atoms with Gasteiger partial charge in [0.1, 0.15) is 11.3 Å². The van der Waals surface area contributed by atoms with Gasteiger partial charge in [-0.3, -0.25) is 0 Å². The Morgan fingerprint density at radius 3 is 2.90 bits per heavy atom. The number of hydrogen-bond donors (Lipinski definition) is 0. The molecule has 3 unspecified atom stereocenters. The van der Waals surface area contributed by atoms with Crippen molar-refractivity contribution in [2.24, 2.45) is 0 Å². The highest BCUT2D eigenvalue weighted by molar-refractivity contribution is 7.99. The molecule has 108 valence electrons. The molecule has 2 aromatic heterocycles. The molecule has 0 radical (unpaired) electrons. The van der Waals surface area contributed by atoms with Crippen molar-refractivity contribution < 1.29 is 0 Å². The van der Waals surface area contributed by atoms with E-state index < -0.39 is 0 Å². The predicted octanol–water partition coefficient (Wildman–Crippen LogP) is 4.50. The van der Waals surface area contributed by atoms with E-state index in [1.165, 1.54) is 19.3 Å². The van der Waals surface area contributed by atoms with Gasteiger partial charge < -0.3 is 4.57 Å². The van der Waals surface area contributed by atoms with E-state index in [9.17, 15) is 0 Å². The van der Waals surface area contributed by atoms with Crippen molar-refractivity contribution in [3.05, 3.63) is 23.7 Å². The number of alkyl halides is 1. The van der Waals surface area contributed by atoms with E-state index in [4.69, 9.17) is 16.6 Å². The van der Waals surface area contributed by atoms with Crippen molar-refractivity contribution >= 4 is 34.5 Å². The minimum absolute atomic E-state index is 0.0853. The molecule has 0 bridgehead atoms. The van der Waals surface area contributed by atoms with Crippen LogP contribution in [0.25, 0.3) is 11.2 Å². The number of fused-ring (bicyclic) bond motifs is 1. The molecule has 0 aliphatic heterocycles. The number of thioether (sulfide) groups is 1. The third kappa shape index (κ3) is 2.44. The Kier molecular flexibility index (Phi) is 3.95. The molecule has 2 aromatic rings. The third-order valence-corrected chi connectivity index (χ3v) is 5.40. The molecule has 0 amide bonds. The highest BCUT2D eigenvalue weighted by Crippen LogP contribution is 2.39. The molecule has 3 rings (SSSR count). The second-order valence-electron chi connectivity index (χ2n) is 5.64. The summed E-state index contributed by atoms with van der Waals surface area (Å²) in [5.74, 6) is 0.964. The summed E-state index contributed by atoms with van der Waals surface area (Å²) in [5.41, 5.74) is 3.11. The zero-order valence-electron chi connectivity index (χ0n) is 12.1. The SMILES string of the molecule is CSC1CCC(n2c(C(C)Cl)nc3cc(C)cnc32)C1. The summed E-state index contributed by atoms with van der Waals surface area (Å²) in [5, 5.41) is 0.666. The van der Waals surface area contributed by atoms with Crippen molar-refractivity contribution in [2.75, 3.05) is 6.26 Å². The molecule has 1 aliphatic rings. The van der Waals surface area contributed by atoms with Gasteiger partial charge in [-0.25, -0.2) is 9.97 Å². The molecule has 5 heteroatoms. The summed E-state index contributed by atoms with van der Waals surface area (Å²) < 4.78 is 2.29. The van der Waals surface area contributed by atoms with Crippen molar-refractivity contribution in [1.82, 2.24) is 14.5 Å². The fourth-order valence-electron chi connectivity index (χ4n) is 3.11. The Bertz CT molecular complexity index is 623. The van der Waals surface area contributed by atoms with Gasteiger partial charge in [-0.05, 0) is 51.0 Å². The summed E-state index contributed by atoms with van der Waals surface area (Å²) in [6.07, 6.45) is 7.78. The van der Waals surface area contributed by atoms with Crippen LogP contribution < -0.4 is 0 Å². The maximum absolute atomic E-state index is 6.35. The van der Waals surface area contributed by atoms with Gasteiger partial charge in [0.05, 0.1) is 5.38 Å². The van der Waals surface area contributed by atoms with Gasteiger partial charge in [-0.1, -0.05) is 0 Å². The number of aromatic nitrogens is 3. The molecule has 3 atom stereocenters. The standard InChI is InChI=1S/C15H20ClN3S/c1-9-6-13-15(17-8-9)19(14(18-13)10(2)16)11-4-5-12(7-11)20-3/h6,8,10-12H,4-5,7H2,1-3H3. The smallest absolute Gasteiger partial charge is 0.160 e. The maximum atomic E-state index is 6.35. The van der Waals surface area contributed by atoms with Gasteiger partial charge in [-0.2, -0.15) is 11.8 Å². The average molecular weight is 310 g/mol. The Hall–Kier alpha value is -0.740. The molecule has 0 N–H and O–H groups in total. The lowest BCUT2D eigenvalue weighted by molar-refractivity contribution is 0.508. The molecule has 1 aliphatic carbocycles. The fraction of sp³-hybridized carbons (Fsp3) is 0.600. The van der Waals surface area contributed by atoms with E-state index in [1.54, 1.807) is 0 Å². The Morgan fingerprint density at radius 1 is 1.45 bits per heavy atom. The zero-order chi connectivity index (χ0) is 14.3. The minimum Gasteiger partial charge on any atom is -0.308 e. The summed E-state index contributed by atoms with van der Waals surface area (Å²) in [6, 6.07) is 2.59. The molecule has 3 nitrogen and oxygen atoms in total. The maximum Gasteiger partial charge on any atom is 0.160 e. The number of pyridine rings is 1. The van der Waals surface area contributed by atoms with Crippen LogP contribution in [0, 0.1) is 6.92 Å². The molecule has 1 fully saturated rings. The molecule has 1 saturated carbocycles. The summed E-state index contributed by atoms with van der Waals surface area (Å²) >= 11 is 8.32. The van der Waals surface area contributed by atoms with Crippen molar-refractivity contribution in [1.29, 1.82) is 0 Å². The Balaban J connectivity index is 2.10. The monoisotopic (exact) mass is 309 g/mol. The number of halogens is 1. The van der Waals surface area contributed by atoms with Gasteiger partial charge in [0.2, 0.25) is 0 Å². The van der Waals surface area contributed by atoms with Crippen molar-refractivity contribution in [3.8, 4) is 0 Å². The van der Waals surface area contributed by atoms with E-state index >= 15 is 0 Å².